The van der Waals surface area contributed by atoms with Crippen molar-refractivity contribution in [3.8, 4) is 0 Å². The highest BCUT2D eigenvalue weighted by Crippen LogP contribution is 2.25. The third-order valence-corrected chi connectivity index (χ3v) is 4.15. The minimum atomic E-state index is -1.05. The summed E-state index contributed by atoms with van der Waals surface area (Å²) >= 11 is 0. The Bertz CT molecular complexity index is 757. The van der Waals surface area contributed by atoms with Crippen LogP contribution < -0.4 is 26.8 Å². The lowest BCUT2D eigenvalue weighted by Crippen LogP contribution is -2.52. The maximum absolute atomic E-state index is 13.4. The fourth-order valence-electron chi connectivity index (χ4n) is 2.86. The van der Waals surface area contributed by atoms with Gasteiger partial charge in [-0.1, -0.05) is 0 Å². The quantitative estimate of drug-likeness (QED) is 0.530. The number of anilines is 1. The molecule has 7 nitrogen and oxygen atoms in total. The highest BCUT2D eigenvalue weighted by Gasteiger charge is 2.28. The number of benzene rings is 1. The minimum Gasteiger partial charge on any atom is -0.360 e. The number of fused-ring (bicyclic) bond motifs is 1. The molecule has 0 saturated carbocycles. The summed E-state index contributed by atoms with van der Waals surface area (Å²) in [7, 11) is 0. The third kappa shape index (κ3) is 2.52. The maximum atomic E-state index is 13.4. The molecule has 3 aliphatic rings. The number of nitrogens with zero attached hydrogens (tertiary/aromatic N) is 1. The fraction of sp³-hybridized carbons (Fsp3) is 0.267. The molecule has 5 N–H and O–H groups in total. The molecule has 3 aliphatic heterocycles. The Kier molecular flexibility index (Phi) is 3.49. The van der Waals surface area contributed by atoms with Crippen molar-refractivity contribution in [2.45, 2.75) is 6.17 Å². The van der Waals surface area contributed by atoms with Crippen molar-refractivity contribution in [3.05, 3.63) is 53.0 Å². The van der Waals surface area contributed by atoms with Gasteiger partial charge < -0.3 is 15.5 Å². The van der Waals surface area contributed by atoms with Crippen LogP contribution in [0.1, 0.15) is 10.4 Å². The van der Waals surface area contributed by atoms with Crippen LogP contribution in [0, 0.1) is 11.6 Å². The van der Waals surface area contributed by atoms with Crippen LogP contribution in [0.4, 0.5) is 14.5 Å². The molecular formula is C15H16F2N6O. The van der Waals surface area contributed by atoms with Gasteiger partial charge in [-0.15, -0.1) is 0 Å². The van der Waals surface area contributed by atoms with E-state index in [0.717, 1.165) is 37.7 Å². The number of rotatable bonds is 2. The zero-order valence-corrected chi connectivity index (χ0v) is 12.6. The molecule has 0 aliphatic carbocycles. The average Bonchev–Trinajstić information content (AvgIpc) is 3.11. The fourth-order valence-corrected chi connectivity index (χ4v) is 2.86. The van der Waals surface area contributed by atoms with Crippen molar-refractivity contribution in [1.29, 1.82) is 0 Å². The molecule has 0 radical (unpaired) electrons. The van der Waals surface area contributed by atoms with Crippen LogP contribution in [-0.2, 0) is 0 Å². The number of carbonyl (C=O) groups is 1. The zero-order chi connectivity index (χ0) is 16.7. The summed E-state index contributed by atoms with van der Waals surface area (Å²) in [6, 6.07) is 1.88. The van der Waals surface area contributed by atoms with E-state index in [0.29, 0.717) is 5.70 Å². The molecule has 0 bridgehead atoms. The number of nitrogens with one attached hydrogen (secondary N) is 5. The van der Waals surface area contributed by atoms with E-state index in [1.54, 1.807) is 0 Å². The molecule has 0 spiro atoms. The second kappa shape index (κ2) is 5.68. The van der Waals surface area contributed by atoms with Crippen molar-refractivity contribution in [1.82, 2.24) is 26.4 Å². The summed E-state index contributed by atoms with van der Waals surface area (Å²) in [5.41, 5.74) is 7.09. The molecule has 0 aromatic heterocycles. The van der Waals surface area contributed by atoms with Gasteiger partial charge in [-0.25, -0.2) is 8.78 Å². The van der Waals surface area contributed by atoms with Crippen LogP contribution in [0.15, 0.2) is 35.8 Å². The van der Waals surface area contributed by atoms with Gasteiger partial charge in [0, 0.05) is 19.2 Å². The van der Waals surface area contributed by atoms with E-state index in [9.17, 15) is 13.6 Å². The molecule has 4 rings (SSSR count). The molecule has 126 valence electrons. The van der Waals surface area contributed by atoms with E-state index in [-0.39, 0.29) is 11.3 Å². The Hall–Kier alpha value is -2.81. The number of hydrogen-bond donors (Lipinski definition) is 5. The second-order valence-electron chi connectivity index (χ2n) is 5.71. The first-order valence-corrected chi connectivity index (χ1v) is 7.58. The summed E-state index contributed by atoms with van der Waals surface area (Å²) < 4.78 is 26.7. The van der Waals surface area contributed by atoms with Gasteiger partial charge in [0.05, 0.1) is 23.6 Å². The van der Waals surface area contributed by atoms with Crippen molar-refractivity contribution in [2.24, 2.45) is 0 Å². The molecule has 1 atom stereocenters. The standard InChI is InChI=1S/C15H16F2N6O/c16-9-5-8-12(6-10(9)17)19-14(20-15(8)24)11-1-2-13(22-21-11)23-4-3-18-7-23/h1-2,5-6,14,18-19,21-22H,3-4,7H2,(H,20,24). The number of amides is 1. The Balaban J connectivity index is 1.55. The maximum Gasteiger partial charge on any atom is 0.255 e. The van der Waals surface area contributed by atoms with Gasteiger partial charge >= 0.3 is 0 Å². The lowest BCUT2D eigenvalue weighted by molar-refractivity contribution is 0.0939. The van der Waals surface area contributed by atoms with Gasteiger partial charge in [0.25, 0.3) is 5.91 Å². The lowest BCUT2D eigenvalue weighted by atomic mass is 10.1. The van der Waals surface area contributed by atoms with E-state index in [1.165, 1.54) is 0 Å². The third-order valence-electron chi connectivity index (χ3n) is 4.15. The first-order valence-electron chi connectivity index (χ1n) is 7.58. The number of allylic oxidation sites excluding steroid dienone is 2. The topological polar surface area (TPSA) is 80.5 Å². The van der Waals surface area contributed by atoms with E-state index < -0.39 is 23.7 Å². The summed E-state index contributed by atoms with van der Waals surface area (Å²) in [6.45, 7) is 2.59. The molecule has 1 amide bonds. The van der Waals surface area contributed by atoms with E-state index in [2.05, 4.69) is 31.7 Å². The normalized spacial score (nSPS) is 22.5. The van der Waals surface area contributed by atoms with Gasteiger partial charge in [0.2, 0.25) is 0 Å². The van der Waals surface area contributed by atoms with Crippen LogP contribution in [0.5, 0.6) is 0 Å². The Morgan fingerprint density at radius 2 is 1.92 bits per heavy atom. The van der Waals surface area contributed by atoms with Crippen LogP contribution >= 0.6 is 0 Å². The van der Waals surface area contributed by atoms with Crippen LogP contribution in [0.2, 0.25) is 0 Å². The number of hydrazine groups is 1. The Morgan fingerprint density at radius 3 is 2.62 bits per heavy atom. The highest BCUT2D eigenvalue weighted by molar-refractivity contribution is 6.02. The van der Waals surface area contributed by atoms with Gasteiger partial charge in [-0.05, 0) is 18.2 Å². The molecular weight excluding hydrogens is 318 g/mol. The molecule has 1 fully saturated rings. The predicted octanol–water partition coefficient (Wildman–Crippen LogP) is 0.142. The number of hydrogen-bond acceptors (Lipinski definition) is 6. The zero-order valence-electron chi connectivity index (χ0n) is 12.6. The predicted molar refractivity (Wildman–Crippen MR) is 83.2 cm³/mol. The molecule has 1 saturated heterocycles. The Morgan fingerprint density at radius 1 is 1.08 bits per heavy atom. The van der Waals surface area contributed by atoms with Crippen LogP contribution in [-0.4, -0.2) is 36.7 Å². The van der Waals surface area contributed by atoms with Crippen molar-refractivity contribution in [3.63, 3.8) is 0 Å². The van der Waals surface area contributed by atoms with Gasteiger partial charge in [-0.2, -0.15) is 0 Å². The summed E-state index contributed by atoms with van der Waals surface area (Å²) in [5, 5.41) is 8.93. The largest absolute Gasteiger partial charge is 0.360 e. The second-order valence-corrected chi connectivity index (χ2v) is 5.71. The first-order chi connectivity index (χ1) is 11.6. The van der Waals surface area contributed by atoms with E-state index in [4.69, 9.17) is 0 Å². The Labute approximate surface area is 136 Å². The summed E-state index contributed by atoms with van der Waals surface area (Å²) in [5.74, 6) is -1.59. The van der Waals surface area contributed by atoms with Crippen molar-refractivity contribution in [2.75, 3.05) is 25.1 Å². The number of carbonyl (C=O) groups excluding carboxylic acids is 1. The van der Waals surface area contributed by atoms with Crippen molar-refractivity contribution >= 4 is 11.6 Å². The monoisotopic (exact) mass is 334 g/mol. The van der Waals surface area contributed by atoms with Crippen molar-refractivity contribution < 1.29 is 13.6 Å². The van der Waals surface area contributed by atoms with Crippen LogP contribution in [0.25, 0.3) is 0 Å². The minimum absolute atomic E-state index is 0.0777. The molecule has 24 heavy (non-hydrogen) atoms. The smallest absolute Gasteiger partial charge is 0.255 e. The van der Waals surface area contributed by atoms with E-state index >= 15 is 0 Å². The van der Waals surface area contributed by atoms with Crippen LogP contribution in [0.3, 0.4) is 0 Å². The highest BCUT2D eigenvalue weighted by atomic mass is 19.2. The molecule has 1 unspecified atom stereocenters. The molecule has 1 aromatic carbocycles. The van der Waals surface area contributed by atoms with Gasteiger partial charge in [0.1, 0.15) is 12.0 Å². The SMILES string of the molecule is O=C1NC(C2=CC=C(N3CCNC3)NN2)Nc2cc(F)c(F)cc21. The first kappa shape index (κ1) is 14.8. The molecule has 3 heterocycles. The van der Waals surface area contributed by atoms with Gasteiger partial charge in [0.15, 0.2) is 11.6 Å². The number of halogens is 2. The van der Waals surface area contributed by atoms with Gasteiger partial charge in [-0.3, -0.25) is 21.0 Å². The molecule has 9 heteroatoms. The summed E-state index contributed by atoms with van der Waals surface area (Å²) in [4.78, 5) is 14.3. The molecule has 1 aromatic rings. The lowest BCUT2D eigenvalue weighted by Gasteiger charge is -2.33. The van der Waals surface area contributed by atoms with E-state index in [1.807, 2.05) is 12.2 Å². The summed E-state index contributed by atoms with van der Waals surface area (Å²) in [6.07, 6.45) is 3.15. The average molecular weight is 334 g/mol.